The molecule has 134 valence electrons. The summed E-state index contributed by atoms with van der Waals surface area (Å²) < 4.78 is 28.2. The molecule has 0 heterocycles. The SMILES string of the molecule is Cc1cc(Cl)ccc1OCCCC(=O)Nc1cccc(S(N)(=O)=O)c1. The average molecular weight is 383 g/mol. The Balaban J connectivity index is 1.81. The highest BCUT2D eigenvalue weighted by atomic mass is 35.5. The summed E-state index contributed by atoms with van der Waals surface area (Å²) in [6.45, 7) is 2.28. The molecule has 0 aliphatic rings. The maximum Gasteiger partial charge on any atom is 0.238 e. The van der Waals surface area contributed by atoms with E-state index in [1.807, 2.05) is 13.0 Å². The number of halogens is 1. The van der Waals surface area contributed by atoms with E-state index < -0.39 is 10.0 Å². The molecule has 0 radical (unpaired) electrons. The summed E-state index contributed by atoms with van der Waals surface area (Å²) in [4.78, 5) is 11.9. The number of sulfonamides is 1. The van der Waals surface area contributed by atoms with Crippen molar-refractivity contribution in [3.05, 3.63) is 53.1 Å². The summed E-state index contributed by atoms with van der Waals surface area (Å²) >= 11 is 5.88. The van der Waals surface area contributed by atoms with Gasteiger partial charge in [-0.05, 0) is 55.3 Å². The van der Waals surface area contributed by atoms with Gasteiger partial charge in [-0.3, -0.25) is 4.79 Å². The first-order chi connectivity index (χ1) is 11.8. The van der Waals surface area contributed by atoms with Crippen LogP contribution in [0.15, 0.2) is 47.4 Å². The molecule has 25 heavy (non-hydrogen) atoms. The Bertz CT molecular complexity index is 869. The zero-order valence-corrected chi connectivity index (χ0v) is 15.2. The fraction of sp³-hybridized carbons (Fsp3) is 0.235. The summed E-state index contributed by atoms with van der Waals surface area (Å²) in [7, 11) is -3.80. The van der Waals surface area contributed by atoms with E-state index in [4.69, 9.17) is 21.5 Å². The number of hydrogen-bond acceptors (Lipinski definition) is 4. The zero-order chi connectivity index (χ0) is 18.4. The minimum Gasteiger partial charge on any atom is -0.493 e. The second kappa shape index (κ2) is 8.33. The van der Waals surface area contributed by atoms with Crippen molar-refractivity contribution < 1.29 is 17.9 Å². The number of carbonyl (C=O) groups excluding carboxylic acids is 1. The molecule has 0 unspecified atom stereocenters. The first-order valence-corrected chi connectivity index (χ1v) is 9.50. The molecule has 0 fully saturated rings. The number of nitrogens with one attached hydrogen (secondary N) is 1. The summed E-state index contributed by atoms with van der Waals surface area (Å²) in [6, 6.07) is 11.1. The molecule has 0 bridgehead atoms. The molecule has 1 amide bonds. The van der Waals surface area contributed by atoms with Crippen molar-refractivity contribution in [3.8, 4) is 5.75 Å². The molecule has 0 aromatic heterocycles. The Labute approximate surface area is 152 Å². The Morgan fingerprint density at radius 3 is 2.68 bits per heavy atom. The number of primary sulfonamides is 1. The van der Waals surface area contributed by atoms with Gasteiger partial charge in [0.15, 0.2) is 0 Å². The van der Waals surface area contributed by atoms with E-state index in [-0.39, 0.29) is 17.2 Å². The number of nitrogens with two attached hydrogens (primary N) is 1. The van der Waals surface area contributed by atoms with Gasteiger partial charge in [0.05, 0.1) is 11.5 Å². The van der Waals surface area contributed by atoms with Crippen LogP contribution in [0.5, 0.6) is 5.75 Å². The van der Waals surface area contributed by atoms with E-state index in [0.29, 0.717) is 23.7 Å². The molecule has 0 saturated carbocycles. The standard InChI is InChI=1S/C17H19ClN2O4S/c1-12-10-13(18)7-8-16(12)24-9-3-6-17(21)20-14-4-2-5-15(11-14)25(19,22)23/h2,4-5,7-8,10-11H,3,6,9H2,1H3,(H,20,21)(H2,19,22,23). The Morgan fingerprint density at radius 1 is 1.24 bits per heavy atom. The van der Waals surface area contributed by atoms with Crippen LogP contribution in [0.4, 0.5) is 5.69 Å². The second-order valence-electron chi connectivity index (χ2n) is 5.48. The maximum absolute atomic E-state index is 11.9. The quantitative estimate of drug-likeness (QED) is 0.719. The van der Waals surface area contributed by atoms with Crippen LogP contribution >= 0.6 is 11.6 Å². The van der Waals surface area contributed by atoms with Gasteiger partial charge >= 0.3 is 0 Å². The zero-order valence-electron chi connectivity index (χ0n) is 13.7. The normalized spacial score (nSPS) is 11.2. The minimum atomic E-state index is -3.80. The van der Waals surface area contributed by atoms with Crippen molar-refractivity contribution in [3.63, 3.8) is 0 Å². The van der Waals surface area contributed by atoms with Crippen molar-refractivity contribution in [2.45, 2.75) is 24.7 Å². The lowest BCUT2D eigenvalue weighted by Gasteiger charge is -2.10. The maximum atomic E-state index is 11.9. The third-order valence-electron chi connectivity index (χ3n) is 3.39. The first kappa shape index (κ1) is 19.2. The summed E-state index contributed by atoms with van der Waals surface area (Å²) in [5.74, 6) is 0.494. The number of rotatable bonds is 7. The van der Waals surface area contributed by atoms with Crippen molar-refractivity contribution in [2.24, 2.45) is 5.14 Å². The van der Waals surface area contributed by atoms with Gasteiger partial charge in [0.2, 0.25) is 15.9 Å². The lowest BCUT2D eigenvalue weighted by Crippen LogP contribution is -2.15. The van der Waals surface area contributed by atoms with Crippen LogP contribution < -0.4 is 15.2 Å². The molecular formula is C17H19ClN2O4S. The number of aryl methyl sites for hydroxylation is 1. The molecule has 6 nitrogen and oxygen atoms in total. The van der Waals surface area contributed by atoms with Crippen LogP contribution in [0, 0.1) is 6.92 Å². The predicted molar refractivity (Wildman–Crippen MR) is 97.4 cm³/mol. The first-order valence-electron chi connectivity index (χ1n) is 7.57. The van der Waals surface area contributed by atoms with E-state index in [1.165, 1.54) is 18.2 Å². The van der Waals surface area contributed by atoms with Crippen molar-refractivity contribution >= 4 is 33.2 Å². The third kappa shape index (κ3) is 6.04. The Morgan fingerprint density at radius 2 is 2.00 bits per heavy atom. The van der Waals surface area contributed by atoms with Crippen LogP contribution in [0.1, 0.15) is 18.4 Å². The van der Waals surface area contributed by atoms with Crippen LogP contribution in [0.2, 0.25) is 5.02 Å². The molecule has 2 aromatic rings. The Kier molecular flexibility index (Phi) is 6.41. The largest absolute Gasteiger partial charge is 0.493 e. The van der Waals surface area contributed by atoms with E-state index in [1.54, 1.807) is 18.2 Å². The van der Waals surface area contributed by atoms with Gasteiger partial charge < -0.3 is 10.1 Å². The number of hydrogen-bond donors (Lipinski definition) is 2. The number of anilines is 1. The number of ether oxygens (including phenoxy) is 1. The van der Waals surface area contributed by atoms with E-state index >= 15 is 0 Å². The van der Waals surface area contributed by atoms with Gasteiger partial charge in [0.25, 0.3) is 0 Å². The molecule has 2 rings (SSSR count). The number of benzene rings is 2. The molecule has 0 aliphatic heterocycles. The Hall–Kier alpha value is -2.09. The van der Waals surface area contributed by atoms with Crippen LogP contribution in [0.3, 0.4) is 0 Å². The molecule has 0 atom stereocenters. The van der Waals surface area contributed by atoms with E-state index in [2.05, 4.69) is 5.32 Å². The van der Waals surface area contributed by atoms with Gasteiger partial charge in [-0.2, -0.15) is 0 Å². The molecule has 0 aliphatic carbocycles. The molecule has 0 saturated heterocycles. The highest BCUT2D eigenvalue weighted by Crippen LogP contribution is 2.22. The van der Waals surface area contributed by atoms with Crippen molar-refractivity contribution in [2.75, 3.05) is 11.9 Å². The fourth-order valence-electron chi connectivity index (χ4n) is 2.16. The molecule has 2 aromatic carbocycles. The minimum absolute atomic E-state index is 0.0492. The van der Waals surface area contributed by atoms with Gasteiger partial charge in [-0.15, -0.1) is 0 Å². The summed E-state index contributed by atoms with van der Waals surface area (Å²) in [5.41, 5.74) is 1.31. The predicted octanol–water partition coefficient (Wildman–Crippen LogP) is 3.09. The van der Waals surface area contributed by atoms with Crippen LogP contribution in [-0.2, 0) is 14.8 Å². The number of amides is 1. The average Bonchev–Trinajstić information content (AvgIpc) is 2.52. The van der Waals surface area contributed by atoms with Gasteiger partial charge in [0, 0.05) is 17.1 Å². The number of carbonyl (C=O) groups is 1. The monoisotopic (exact) mass is 382 g/mol. The fourth-order valence-corrected chi connectivity index (χ4v) is 2.95. The van der Waals surface area contributed by atoms with Gasteiger partial charge in [-0.25, -0.2) is 13.6 Å². The molecular weight excluding hydrogens is 364 g/mol. The third-order valence-corrected chi connectivity index (χ3v) is 4.54. The summed E-state index contributed by atoms with van der Waals surface area (Å²) in [5, 5.41) is 8.35. The summed E-state index contributed by atoms with van der Waals surface area (Å²) in [6.07, 6.45) is 0.759. The highest BCUT2D eigenvalue weighted by Gasteiger charge is 2.09. The van der Waals surface area contributed by atoms with Gasteiger partial charge in [-0.1, -0.05) is 17.7 Å². The second-order valence-corrected chi connectivity index (χ2v) is 7.48. The van der Waals surface area contributed by atoms with E-state index in [0.717, 1.165) is 11.3 Å². The molecule has 8 heteroatoms. The van der Waals surface area contributed by atoms with Crippen molar-refractivity contribution in [1.29, 1.82) is 0 Å². The topological polar surface area (TPSA) is 98.5 Å². The lowest BCUT2D eigenvalue weighted by atomic mass is 10.2. The van der Waals surface area contributed by atoms with Gasteiger partial charge in [0.1, 0.15) is 5.75 Å². The smallest absolute Gasteiger partial charge is 0.238 e. The lowest BCUT2D eigenvalue weighted by molar-refractivity contribution is -0.116. The molecule has 3 N–H and O–H groups in total. The van der Waals surface area contributed by atoms with E-state index in [9.17, 15) is 13.2 Å². The van der Waals surface area contributed by atoms with Crippen LogP contribution in [-0.4, -0.2) is 20.9 Å². The highest BCUT2D eigenvalue weighted by molar-refractivity contribution is 7.89. The van der Waals surface area contributed by atoms with Crippen LogP contribution in [0.25, 0.3) is 0 Å². The van der Waals surface area contributed by atoms with Crippen molar-refractivity contribution in [1.82, 2.24) is 0 Å². The molecule has 0 spiro atoms.